The Kier molecular flexibility index (Phi) is 8.44. The summed E-state index contributed by atoms with van der Waals surface area (Å²) in [6.07, 6.45) is 12.0. The highest BCUT2D eigenvalue weighted by molar-refractivity contribution is 5.64. The van der Waals surface area contributed by atoms with Crippen molar-refractivity contribution in [1.82, 2.24) is 0 Å². The maximum atomic E-state index is 9.84. The van der Waals surface area contributed by atoms with Gasteiger partial charge in [0.25, 0.3) is 0 Å². The van der Waals surface area contributed by atoms with Crippen LogP contribution >= 0.6 is 0 Å². The molecular weight excluding hydrogens is 136 g/mol. The van der Waals surface area contributed by atoms with Gasteiger partial charge in [-0.25, -0.2) is 0 Å². The fourth-order valence-electron chi connectivity index (χ4n) is 0.879. The van der Waals surface area contributed by atoms with E-state index in [0.717, 1.165) is 19.1 Å². The summed E-state index contributed by atoms with van der Waals surface area (Å²) < 4.78 is 0. The highest BCUT2D eigenvalue weighted by Gasteiger charge is 1.83. The van der Waals surface area contributed by atoms with Gasteiger partial charge in [0.2, 0.25) is 0 Å². The van der Waals surface area contributed by atoms with Gasteiger partial charge in [-0.2, -0.15) is 0 Å². The monoisotopic (exact) mass is 152 g/mol. The molecule has 0 saturated heterocycles. The summed E-state index contributed by atoms with van der Waals surface area (Å²) in [5.41, 5.74) is 0. The summed E-state index contributed by atoms with van der Waals surface area (Å²) in [5, 5.41) is 0. The van der Waals surface area contributed by atoms with Gasteiger partial charge in [-0.1, -0.05) is 18.6 Å². The standard InChI is InChI=1S/C10H16O/c1-2-3-4-5-6-7-8-9-10-11/h2,8-10H,1,3-7H2/b9-8-. The third-order valence-electron chi connectivity index (χ3n) is 1.49. The molecule has 0 N–H and O–H groups in total. The lowest BCUT2D eigenvalue weighted by atomic mass is 10.1. The van der Waals surface area contributed by atoms with Crippen molar-refractivity contribution < 1.29 is 4.79 Å². The molecule has 0 aliphatic heterocycles. The molecular formula is C10H16O. The Bertz CT molecular complexity index is 125. The summed E-state index contributed by atoms with van der Waals surface area (Å²) in [6, 6.07) is 0. The van der Waals surface area contributed by atoms with Crippen LogP contribution in [0.25, 0.3) is 0 Å². The number of unbranched alkanes of at least 4 members (excludes halogenated alkanes) is 4. The van der Waals surface area contributed by atoms with Crippen LogP contribution in [0.5, 0.6) is 0 Å². The van der Waals surface area contributed by atoms with E-state index in [2.05, 4.69) is 6.58 Å². The van der Waals surface area contributed by atoms with Crippen molar-refractivity contribution in [2.75, 3.05) is 0 Å². The molecule has 0 radical (unpaired) electrons. The van der Waals surface area contributed by atoms with E-state index in [1.54, 1.807) is 6.08 Å². The first-order valence-electron chi connectivity index (χ1n) is 4.13. The van der Waals surface area contributed by atoms with E-state index in [1.807, 2.05) is 12.2 Å². The van der Waals surface area contributed by atoms with Crippen LogP contribution in [0.2, 0.25) is 0 Å². The van der Waals surface area contributed by atoms with Crippen molar-refractivity contribution in [3.05, 3.63) is 24.8 Å². The Balaban J connectivity index is 2.95. The minimum Gasteiger partial charge on any atom is -0.299 e. The average Bonchev–Trinajstić information content (AvgIpc) is 2.03. The molecule has 62 valence electrons. The highest BCUT2D eigenvalue weighted by Crippen LogP contribution is 2.03. The van der Waals surface area contributed by atoms with Crippen molar-refractivity contribution in [2.24, 2.45) is 0 Å². The van der Waals surface area contributed by atoms with Gasteiger partial charge in [0, 0.05) is 0 Å². The van der Waals surface area contributed by atoms with Gasteiger partial charge >= 0.3 is 0 Å². The summed E-state index contributed by atoms with van der Waals surface area (Å²) in [5.74, 6) is 0. The summed E-state index contributed by atoms with van der Waals surface area (Å²) in [7, 11) is 0. The number of carbonyl (C=O) groups is 1. The third kappa shape index (κ3) is 9.15. The molecule has 0 fully saturated rings. The van der Waals surface area contributed by atoms with E-state index in [-0.39, 0.29) is 0 Å². The molecule has 0 aromatic rings. The lowest BCUT2D eigenvalue weighted by Crippen LogP contribution is -1.74. The second-order valence-electron chi connectivity index (χ2n) is 2.49. The molecule has 0 rings (SSSR count). The van der Waals surface area contributed by atoms with Crippen LogP contribution in [0.15, 0.2) is 24.8 Å². The zero-order valence-corrected chi connectivity index (χ0v) is 6.96. The van der Waals surface area contributed by atoms with Crippen LogP contribution in [0.1, 0.15) is 32.1 Å². The quantitative estimate of drug-likeness (QED) is 0.237. The number of rotatable bonds is 7. The van der Waals surface area contributed by atoms with E-state index >= 15 is 0 Å². The molecule has 0 heterocycles. The van der Waals surface area contributed by atoms with Crippen molar-refractivity contribution in [2.45, 2.75) is 32.1 Å². The maximum absolute atomic E-state index is 9.84. The number of aldehydes is 1. The fourth-order valence-corrected chi connectivity index (χ4v) is 0.879. The second kappa shape index (κ2) is 9.15. The molecule has 0 aliphatic rings. The van der Waals surface area contributed by atoms with Gasteiger partial charge in [0.15, 0.2) is 0 Å². The molecule has 0 atom stereocenters. The molecule has 0 spiro atoms. The molecule has 0 bridgehead atoms. The van der Waals surface area contributed by atoms with Gasteiger partial charge < -0.3 is 0 Å². The van der Waals surface area contributed by atoms with Crippen LogP contribution in [-0.2, 0) is 4.79 Å². The van der Waals surface area contributed by atoms with E-state index in [4.69, 9.17) is 0 Å². The van der Waals surface area contributed by atoms with E-state index < -0.39 is 0 Å². The molecule has 0 amide bonds. The first-order valence-corrected chi connectivity index (χ1v) is 4.13. The highest BCUT2D eigenvalue weighted by atomic mass is 16.1. The number of hydrogen-bond acceptors (Lipinski definition) is 1. The smallest absolute Gasteiger partial charge is 0.142 e. The Labute approximate surface area is 68.8 Å². The van der Waals surface area contributed by atoms with Crippen LogP contribution in [0, 0.1) is 0 Å². The molecule has 1 nitrogen and oxygen atoms in total. The predicted molar refractivity (Wildman–Crippen MR) is 48.5 cm³/mol. The number of hydrogen-bond donors (Lipinski definition) is 0. The van der Waals surface area contributed by atoms with Crippen molar-refractivity contribution >= 4 is 6.29 Å². The Morgan fingerprint density at radius 2 is 1.82 bits per heavy atom. The fraction of sp³-hybridized carbons (Fsp3) is 0.500. The summed E-state index contributed by atoms with van der Waals surface area (Å²) >= 11 is 0. The van der Waals surface area contributed by atoms with E-state index in [0.29, 0.717) is 0 Å². The largest absolute Gasteiger partial charge is 0.299 e. The van der Waals surface area contributed by atoms with Gasteiger partial charge in [-0.3, -0.25) is 4.79 Å². The SMILES string of the molecule is C=CCCCCC/C=C\C=O. The third-order valence-corrected chi connectivity index (χ3v) is 1.49. The lowest BCUT2D eigenvalue weighted by Gasteiger charge is -1.93. The average molecular weight is 152 g/mol. The van der Waals surface area contributed by atoms with Crippen LogP contribution < -0.4 is 0 Å². The first kappa shape index (κ1) is 10.2. The molecule has 0 aromatic heterocycles. The normalized spacial score (nSPS) is 10.2. The second-order valence-corrected chi connectivity index (χ2v) is 2.49. The molecule has 0 aromatic carbocycles. The Hall–Kier alpha value is -0.850. The molecule has 1 heteroatoms. The lowest BCUT2D eigenvalue weighted by molar-refractivity contribution is -0.104. The van der Waals surface area contributed by atoms with E-state index in [9.17, 15) is 4.79 Å². The molecule has 0 saturated carbocycles. The Morgan fingerprint density at radius 3 is 2.45 bits per heavy atom. The van der Waals surface area contributed by atoms with Crippen molar-refractivity contribution in [3.63, 3.8) is 0 Å². The van der Waals surface area contributed by atoms with Gasteiger partial charge in [0.05, 0.1) is 0 Å². The van der Waals surface area contributed by atoms with Gasteiger partial charge in [-0.05, 0) is 31.8 Å². The topological polar surface area (TPSA) is 17.1 Å². The Morgan fingerprint density at radius 1 is 1.09 bits per heavy atom. The van der Waals surface area contributed by atoms with E-state index in [1.165, 1.54) is 19.3 Å². The first-order chi connectivity index (χ1) is 5.41. The van der Waals surface area contributed by atoms with Crippen molar-refractivity contribution in [3.8, 4) is 0 Å². The van der Waals surface area contributed by atoms with Crippen LogP contribution in [-0.4, -0.2) is 6.29 Å². The minimum atomic E-state index is 0.823. The van der Waals surface area contributed by atoms with Gasteiger partial charge in [0.1, 0.15) is 6.29 Å². The maximum Gasteiger partial charge on any atom is 0.142 e. The number of carbonyl (C=O) groups excluding carboxylic acids is 1. The molecule has 0 aliphatic carbocycles. The summed E-state index contributed by atoms with van der Waals surface area (Å²) in [4.78, 5) is 9.84. The molecule has 0 unspecified atom stereocenters. The van der Waals surface area contributed by atoms with Crippen LogP contribution in [0.3, 0.4) is 0 Å². The molecule has 11 heavy (non-hydrogen) atoms. The van der Waals surface area contributed by atoms with Gasteiger partial charge in [-0.15, -0.1) is 6.58 Å². The number of allylic oxidation sites excluding steroid dienone is 3. The summed E-state index contributed by atoms with van der Waals surface area (Å²) in [6.45, 7) is 3.65. The predicted octanol–water partition coefficient (Wildman–Crippen LogP) is 2.88. The van der Waals surface area contributed by atoms with Crippen LogP contribution in [0.4, 0.5) is 0 Å². The zero-order chi connectivity index (χ0) is 8.36. The zero-order valence-electron chi connectivity index (χ0n) is 6.96. The minimum absolute atomic E-state index is 0.823. The van der Waals surface area contributed by atoms with Crippen molar-refractivity contribution in [1.29, 1.82) is 0 Å².